The molecule has 1 heterocycles. The number of nitrogens with one attached hydrogen (secondary N) is 1. The lowest BCUT2D eigenvalue weighted by atomic mass is 10.1. The van der Waals surface area contributed by atoms with Gasteiger partial charge in [0.2, 0.25) is 0 Å². The second-order valence-corrected chi connectivity index (χ2v) is 5.88. The van der Waals surface area contributed by atoms with Crippen LogP contribution < -0.4 is 11.1 Å². The third kappa shape index (κ3) is 4.33. The molecule has 0 aromatic heterocycles. The smallest absolute Gasteiger partial charge is 0.170 e. The van der Waals surface area contributed by atoms with E-state index in [0.717, 1.165) is 31.1 Å². The lowest BCUT2D eigenvalue weighted by Crippen LogP contribution is -2.26. The third-order valence-corrected chi connectivity index (χ3v) is 4.37. The first-order chi connectivity index (χ1) is 10.1. The van der Waals surface area contributed by atoms with Crippen molar-refractivity contribution in [1.29, 1.82) is 0 Å². The summed E-state index contributed by atoms with van der Waals surface area (Å²) in [4.78, 5) is 2.48. The number of oxime groups is 1. The molecule has 116 valence electrons. The predicted octanol–water partition coefficient (Wildman–Crippen LogP) is 1.87. The van der Waals surface area contributed by atoms with Gasteiger partial charge in [-0.1, -0.05) is 35.8 Å². The first-order valence-electron chi connectivity index (χ1n) is 7.33. The Morgan fingerprint density at radius 2 is 2.38 bits per heavy atom. The van der Waals surface area contributed by atoms with E-state index in [9.17, 15) is 0 Å². The van der Waals surface area contributed by atoms with Gasteiger partial charge in [-0.15, -0.1) is 0 Å². The molecule has 4 N–H and O–H groups in total. The summed E-state index contributed by atoms with van der Waals surface area (Å²) in [6.07, 6.45) is 1.26. The highest BCUT2D eigenvalue weighted by molar-refractivity contribution is 6.31. The molecule has 0 saturated carbocycles. The van der Waals surface area contributed by atoms with Crippen LogP contribution in [0.15, 0.2) is 23.4 Å². The summed E-state index contributed by atoms with van der Waals surface area (Å²) < 4.78 is 0. The molecule has 1 fully saturated rings. The Labute approximate surface area is 130 Å². The Hall–Kier alpha value is -1.30. The molecule has 6 heteroatoms. The van der Waals surface area contributed by atoms with Gasteiger partial charge in [-0.25, -0.2) is 0 Å². The van der Waals surface area contributed by atoms with Gasteiger partial charge in [-0.05, 0) is 43.6 Å². The minimum Gasteiger partial charge on any atom is -0.409 e. The molecule has 1 unspecified atom stereocenters. The third-order valence-electron chi connectivity index (χ3n) is 4.02. The largest absolute Gasteiger partial charge is 0.409 e. The molecule has 0 spiro atoms. The molecule has 21 heavy (non-hydrogen) atoms. The van der Waals surface area contributed by atoms with Crippen molar-refractivity contribution in [3.8, 4) is 0 Å². The van der Waals surface area contributed by atoms with E-state index < -0.39 is 0 Å². The van der Waals surface area contributed by atoms with Gasteiger partial charge in [0, 0.05) is 23.7 Å². The van der Waals surface area contributed by atoms with E-state index in [1.165, 1.54) is 19.5 Å². The number of hydrogen-bond donors (Lipinski definition) is 3. The van der Waals surface area contributed by atoms with Gasteiger partial charge >= 0.3 is 0 Å². The number of rotatable bonds is 6. The van der Waals surface area contributed by atoms with Crippen molar-refractivity contribution in [3.63, 3.8) is 0 Å². The van der Waals surface area contributed by atoms with Gasteiger partial charge in [-0.3, -0.25) is 0 Å². The van der Waals surface area contributed by atoms with E-state index in [1.54, 1.807) is 6.07 Å². The minimum atomic E-state index is 0.0713. The fraction of sp³-hybridized carbons (Fsp3) is 0.533. The molecule has 2 rings (SSSR count). The molecule has 0 aliphatic carbocycles. The van der Waals surface area contributed by atoms with E-state index in [2.05, 4.69) is 22.3 Å². The van der Waals surface area contributed by atoms with E-state index in [1.807, 2.05) is 12.1 Å². The normalized spacial score (nSPS) is 20.1. The average Bonchev–Trinajstić information content (AvgIpc) is 2.96. The molecular weight excluding hydrogens is 288 g/mol. The topological polar surface area (TPSA) is 73.9 Å². The van der Waals surface area contributed by atoms with E-state index >= 15 is 0 Å². The van der Waals surface area contributed by atoms with E-state index in [0.29, 0.717) is 10.6 Å². The van der Waals surface area contributed by atoms with Crippen LogP contribution in [0.25, 0.3) is 0 Å². The van der Waals surface area contributed by atoms with Crippen molar-refractivity contribution in [2.75, 3.05) is 26.2 Å². The molecule has 1 aliphatic heterocycles. The Morgan fingerprint density at radius 1 is 1.57 bits per heavy atom. The number of amidine groups is 1. The summed E-state index contributed by atoms with van der Waals surface area (Å²) in [6, 6.07) is 5.45. The van der Waals surface area contributed by atoms with Crippen molar-refractivity contribution in [2.45, 2.75) is 19.9 Å². The molecule has 1 aliphatic rings. The molecule has 0 bridgehead atoms. The number of nitrogens with two attached hydrogens (primary N) is 1. The summed E-state index contributed by atoms with van der Waals surface area (Å²) >= 11 is 6.23. The average molecular weight is 311 g/mol. The molecule has 1 atom stereocenters. The molecule has 5 nitrogen and oxygen atoms in total. The number of nitrogens with zero attached hydrogens (tertiary/aromatic N) is 2. The van der Waals surface area contributed by atoms with Crippen molar-refractivity contribution in [1.82, 2.24) is 10.2 Å². The highest BCUT2D eigenvalue weighted by atomic mass is 35.5. The maximum absolute atomic E-state index is 8.66. The van der Waals surface area contributed by atoms with Crippen LogP contribution in [0, 0.1) is 5.92 Å². The highest BCUT2D eigenvalue weighted by Crippen LogP contribution is 2.19. The van der Waals surface area contributed by atoms with Crippen molar-refractivity contribution < 1.29 is 5.21 Å². The van der Waals surface area contributed by atoms with Crippen molar-refractivity contribution in [3.05, 3.63) is 34.3 Å². The number of halogens is 1. The molecule has 1 aromatic rings. The Morgan fingerprint density at radius 3 is 3.00 bits per heavy atom. The van der Waals surface area contributed by atoms with Crippen LogP contribution in [-0.4, -0.2) is 42.1 Å². The maximum atomic E-state index is 8.66. The van der Waals surface area contributed by atoms with E-state index in [-0.39, 0.29) is 5.84 Å². The zero-order valence-electron chi connectivity index (χ0n) is 12.3. The lowest BCUT2D eigenvalue weighted by Gasteiger charge is -2.14. The minimum absolute atomic E-state index is 0.0713. The van der Waals surface area contributed by atoms with Crippen LogP contribution in [0.5, 0.6) is 0 Å². The molecular formula is C15H23ClN4O. The zero-order chi connectivity index (χ0) is 15.2. The predicted molar refractivity (Wildman–Crippen MR) is 85.9 cm³/mol. The fourth-order valence-corrected chi connectivity index (χ4v) is 2.93. The molecule has 0 radical (unpaired) electrons. The first kappa shape index (κ1) is 16.1. The van der Waals surface area contributed by atoms with Crippen LogP contribution in [0.3, 0.4) is 0 Å². The Kier molecular flexibility index (Phi) is 5.85. The van der Waals surface area contributed by atoms with Crippen molar-refractivity contribution >= 4 is 17.4 Å². The van der Waals surface area contributed by atoms with Crippen LogP contribution in [0.1, 0.15) is 24.5 Å². The molecule has 0 amide bonds. The van der Waals surface area contributed by atoms with Crippen LogP contribution >= 0.6 is 11.6 Å². The van der Waals surface area contributed by atoms with Crippen LogP contribution in [-0.2, 0) is 6.54 Å². The second kappa shape index (κ2) is 7.64. The van der Waals surface area contributed by atoms with Crippen molar-refractivity contribution in [2.24, 2.45) is 16.8 Å². The standard InChI is InChI=1S/C15H23ClN4O/c1-2-20-6-5-11(10-20)8-18-9-13-4-3-12(7-14(13)16)15(17)19-21/h3-4,7,11,18,21H,2,5-6,8-10H2,1H3,(H2,17,19). The monoisotopic (exact) mass is 310 g/mol. The summed E-state index contributed by atoms with van der Waals surface area (Å²) in [5.74, 6) is 0.794. The van der Waals surface area contributed by atoms with Crippen LogP contribution in [0.2, 0.25) is 5.02 Å². The summed E-state index contributed by atoms with van der Waals surface area (Å²) in [7, 11) is 0. The highest BCUT2D eigenvalue weighted by Gasteiger charge is 2.20. The van der Waals surface area contributed by atoms with Gasteiger partial charge in [0.05, 0.1) is 0 Å². The zero-order valence-corrected chi connectivity index (χ0v) is 13.1. The van der Waals surface area contributed by atoms with E-state index in [4.69, 9.17) is 22.5 Å². The quantitative estimate of drug-likeness (QED) is 0.324. The number of likely N-dealkylation sites (tertiary alicyclic amines) is 1. The van der Waals surface area contributed by atoms with Crippen LogP contribution in [0.4, 0.5) is 0 Å². The van der Waals surface area contributed by atoms with Gasteiger partial charge in [0.25, 0.3) is 0 Å². The summed E-state index contributed by atoms with van der Waals surface area (Å²) in [5.41, 5.74) is 7.19. The van der Waals surface area contributed by atoms with Gasteiger partial charge < -0.3 is 21.2 Å². The summed E-state index contributed by atoms with van der Waals surface area (Å²) in [6.45, 7) is 7.47. The molecule has 1 saturated heterocycles. The maximum Gasteiger partial charge on any atom is 0.170 e. The summed E-state index contributed by atoms with van der Waals surface area (Å²) in [5, 5.41) is 15.7. The fourth-order valence-electron chi connectivity index (χ4n) is 2.69. The Bertz CT molecular complexity index is 506. The number of benzene rings is 1. The van der Waals surface area contributed by atoms with Gasteiger partial charge in [0.15, 0.2) is 5.84 Å². The SMILES string of the molecule is CCN1CCC(CNCc2ccc(/C(N)=N/O)cc2Cl)C1. The molecule has 1 aromatic carbocycles. The first-order valence-corrected chi connectivity index (χ1v) is 7.71. The number of hydrogen-bond acceptors (Lipinski definition) is 4. The second-order valence-electron chi connectivity index (χ2n) is 5.47. The van der Waals surface area contributed by atoms with Gasteiger partial charge in [0.1, 0.15) is 0 Å². The Balaban J connectivity index is 1.84. The lowest BCUT2D eigenvalue weighted by molar-refractivity contribution is 0.318. The van der Waals surface area contributed by atoms with Gasteiger partial charge in [-0.2, -0.15) is 0 Å².